The fourth-order valence-electron chi connectivity index (χ4n) is 2.71. The number of benzene rings is 2. The predicted molar refractivity (Wildman–Crippen MR) is 98.5 cm³/mol. The Morgan fingerprint density at radius 3 is 2.36 bits per heavy atom. The molecule has 2 aromatic carbocycles. The van der Waals surface area contributed by atoms with Gasteiger partial charge in [-0.2, -0.15) is 0 Å². The molecule has 0 aliphatic rings. The van der Waals surface area contributed by atoms with Gasteiger partial charge < -0.3 is 20.9 Å². The molecule has 2 aromatic rings. The SMILES string of the molecule is NCCOc1ccc(CCCC(Cc2ccccc2)OC(N)=O)cc1. The molecule has 0 radical (unpaired) electrons. The van der Waals surface area contributed by atoms with E-state index < -0.39 is 6.09 Å². The zero-order valence-corrected chi connectivity index (χ0v) is 14.4. The minimum atomic E-state index is -0.720. The molecule has 0 heterocycles. The van der Waals surface area contributed by atoms with Crippen LogP contribution < -0.4 is 16.2 Å². The van der Waals surface area contributed by atoms with E-state index in [4.69, 9.17) is 20.9 Å². The number of ether oxygens (including phenoxy) is 2. The van der Waals surface area contributed by atoms with Gasteiger partial charge in [0.15, 0.2) is 0 Å². The number of carbonyl (C=O) groups excluding carboxylic acids is 1. The van der Waals surface area contributed by atoms with Gasteiger partial charge in [0.1, 0.15) is 18.5 Å². The first-order chi connectivity index (χ1) is 12.2. The maximum Gasteiger partial charge on any atom is 0.404 e. The third kappa shape index (κ3) is 7.27. The molecule has 1 amide bonds. The van der Waals surface area contributed by atoms with Crippen LogP contribution in [0.4, 0.5) is 4.79 Å². The molecule has 0 aliphatic carbocycles. The summed E-state index contributed by atoms with van der Waals surface area (Å²) in [6.07, 6.45) is 2.34. The lowest BCUT2D eigenvalue weighted by Gasteiger charge is -2.17. The van der Waals surface area contributed by atoms with Gasteiger partial charge in [0.05, 0.1) is 0 Å². The zero-order chi connectivity index (χ0) is 17.9. The Morgan fingerprint density at radius 2 is 1.72 bits per heavy atom. The summed E-state index contributed by atoms with van der Waals surface area (Å²) in [7, 11) is 0. The lowest BCUT2D eigenvalue weighted by atomic mass is 10.0. The zero-order valence-electron chi connectivity index (χ0n) is 14.4. The van der Waals surface area contributed by atoms with Gasteiger partial charge in [-0.05, 0) is 42.5 Å². The highest BCUT2D eigenvalue weighted by atomic mass is 16.6. The maximum atomic E-state index is 11.1. The van der Waals surface area contributed by atoms with Gasteiger partial charge in [-0.1, -0.05) is 42.5 Å². The van der Waals surface area contributed by atoms with Crippen molar-refractivity contribution in [2.45, 2.75) is 31.8 Å². The Balaban J connectivity index is 1.82. The Bertz CT molecular complexity index is 629. The molecule has 134 valence electrons. The van der Waals surface area contributed by atoms with Crippen molar-refractivity contribution < 1.29 is 14.3 Å². The van der Waals surface area contributed by atoms with Crippen LogP contribution in [-0.2, 0) is 17.6 Å². The number of aryl methyl sites for hydroxylation is 1. The number of amides is 1. The Hall–Kier alpha value is -2.53. The van der Waals surface area contributed by atoms with Crippen LogP contribution in [0.5, 0.6) is 5.75 Å². The van der Waals surface area contributed by atoms with Gasteiger partial charge in [0, 0.05) is 13.0 Å². The van der Waals surface area contributed by atoms with E-state index in [0.717, 1.165) is 30.6 Å². The maximum absolute atomic E-state index is 11.1. The molecule has 0 spiro atoms. The number of primary amides is 1. The topological polar surface area (TPSA) is 87.6 Å². The smallest absolute Gasteiger partial charge is 0.404 e. The van der Waals surface area contributed by atoms with E-state index >= 15 is 0 Å². The molecule has 5 nitrogen and oxygen atoms in total. The van der Waals surface area contributed by atoms with Crippen molar-refractivity contribution >= 4 is 6.09 Å². The Kier molecular flexibility index (Phi) is 7.79. The lowest BCUT2D eigenvalue weighted by molar-refractivity contribution is 0.0999. The van der Waals surface area contributed by atoms with Crippen LogP contribution in [0.1, 0.15) is 24.0 Å². The summed E-state index contributed by atoms with van der Waals surface area (Å²) in [4.78, 5) is 11.1. The minimum absolute atomic E-state index is 0.202. The highest BCUT2D eigenvalue weighted by Crippen LogP contribution is 2.16. The summed E-state index contributed by atoms with van der Waals surface area (Å²) in [5, 5.41) is 0. The largest absolute Gasteiger partial charge is 0.492 e. The van der Waals surface area contributed by atoms with E-state index in [1.807, 2.05) is 54.6 Å². The fraction of sp³-hybridized carbons (Fsp3) is 0.350. The van der Waals surface area contributed by atoms with Crippen LogP contribution in [-0.4, -0.2) is 25.3 Å². The van der Waals surface area contributed by atoms with E-state index in [-0.39, 0.29) is 6.10 Å². The van der Waals surface area contributed by atoms with Crippen LogP contribution in [0.15, 0.2) is 54.6 Å². The summed E-state index contributed by atoms with van der Waals surface area (Å²) < 4.78 is 10.7. The van der Waals surface area contributed by atoms with E-state index in [1.54, 1.807) is 0 Å². The highest BCUT2D eigenvalue weighted by molar-refractivity contribution is 5.64. The van der Waals surface area contributed by atoms with Gasteiger partial charge >= 0.3 is 6.09 Å². The number of hydrogen-bond donors (Lipinski definition) is 2. The van der Waals surface area contributed by atoms with Gasteiger partial charge in [-0.3, -0.25) is 0 Å². The molecule has 0 saturated heterocycles. The molecule has 1 atom stereocenters. The van der Waals surface area contributed by atoms with Crippen molar-refractivity contribution in [3.8, 4) is 5.75 Å². The minimum Gasteiger partial charge on any atom is -0.492 e. The van der Waals surface area contributed by atoms with Gasteiger partial charge in [-0.15, -0.1) is 0 Å². The fourth-order valence-corrected chi connectivity index (χ4v) is 2.71. The van der Waals surface area contributed by atoms with Crippen LogP contribution in [0.25, 0.3) is 0 Å². The summed E-state index contributed by atoms with van der Waals surface area (Å²) in [6, 6.07) is 18.0. The number of hydrogen-bond acceptors (Lipinski definition) is 4. The summed E-state index contributed by atoms with van der Waals surface area (Å²) in [6.45, 7) is 1.02. The molecular formula is C20H26N2O3. The molecule has 2 rings (SSSR count). The quantitative estimate of drug-likeness (QED) is 0.694. The second-order valence-electron chi connectivity index (χ2n) is 5.92. The van der Waals surface area contributed by atoms with Crippen LogP contribution >= 0.6 is 0 Å². The van der Waals surface area contributed by atoms with E-state index in [9.17, 15) is 4.79 Å². The highest BCUT2D eigenvalue weighted by Gasteiger charge is 2.13. The van der Waals surface area contributed by atoms with E-state index in [0.29, 0.717) is 19.6 Å². The van der Waals surface area contributed by atoms with Gasteiger partial charge in [0.25, 0.3) is 0 Å². The van der Waals surface area contributed by atoms with Crippen molar-refractivity contribution in [3.05, 3.63) is 65.7 Å². The standard InChI is InChI=1S/C20H26N2O3/c21-13-14-24-18-11-9-16(10-12-18)7-4-8-19(25-20(22)23)15-17-5-2-1-3-6-17/h1-3,5-6,9-12,19H,4,7-8,13-15,21H2,(H2,22,23). The average molecular weight is 342 g/mol. The number of rotatable bonds is 10. The summed E-state index contributed by atoms with van der Waals surface area (Å²) >= 11 is 0. The molecule has 4 N–H and O–H groups in total. The number of nitrogens with two attached hydrogens (primary N) is 2. The molecule has 25 heavy (non-hydrogen) atoms. The molecule has 0 saturated carbocycles. The molecule has 5 heteroatoms. The molecule has 0 aromatic heterocycles. The van der Waals surface area contributed by atoms with Crippen LogP contribution in [0.2, 0.25) is 0 Å². The summed E-state index contributed by atoms with van der Waals surface area (Å²) in [5.74, 6) is 0.827. The number of carbonyl (C=O) groups is 1. The van der Waals surface area contributed by atoms with Crippen molar-refractivity contribution in [1.82, 2.24) is 0 Å². The second kappa shape index (κ2) is 10.4. The Morgan fingerprint density at radius 1 is 1.00 bits per heavy atom. The average Bonchev–Trinajstić information content (AvgIpc) is 2.61. The molecule has 0 fully saturated rings. The van der Waals surface area contributed by atoms with Crippen LogP contribution in [0.3, 0.4) is 0 Å². The molecular weight excluding hydrogens is 316 g/mol. The van der Waals surface area contributed by atoms with E-state index in [1.165, 1.54) is 5.56 Å². The first-order valence-corrected chi connectivity index (χ1v) is 8.59. The molecule has 1 unspecified atom stereocenters. The third-order valence-electron chi connectivity index (χ3n) is 3.89. The lowest BCUT2D eigenvalue weighted by Crippen LogP contribution is -2.24. The van der Waals surface area contributed by atoms with Crippen molar-refractivity contribution in [2.75, 3.05) is 13.2 Å². The van der Waals surface area contributed by atoms with Crippen LogP contribution in [0, 0.1) is 0 Å². The molecule has 0 aliphatic heterocycles. The van der Waals surface area contributed by atoms with Crippen molar-refractivity contribution in [3.63, 3.8) is 0 Å². The Labute approximate surface area is 148 Å². The van der Waals surface area contributed by atoms with Crippen molar-refractivity contribution in [1.29, 1.82) is 0 Å². The third-order valence-corrected chi connectivity index (χ3v) is 3.89. The normalized spacial score (nSPS) is 11.7. The second-order valence-corrected chi connectivity index (χ2v) is 5.92. The molecule has 0 bridgehead atoms. The summed E-state index contributed by atoms with van der Waals surface area (Å²) in [5.41, 5.74) is 13.0. The predicted octanol–water partition coefficient (Wildman–Crippen LogP) is 3.05. The van der Waals surface area contributed by atoms with Crippen molar-refractivity contribution in [2.24, 2.45) is 11.5 Å². The van der Waals surface area contributed by atoms with E-state index in [2.05, 4.69) is 0 Å². The first-order valence-electron chi connectivity index (χ1n) is 8.59. The first kappa shape index (κ1) is 18.8. The monoisotopic (exact) mass is 342 g/mol. The van der Waals surface area contributed by atoms with Gasteiger partial charge in [0.2, 0.25) is 0 Å². The van der Waals surface area contributed by atoms with Gasteiger partial charge in [-0.25, -0.2) is 4.79 Å².